The number of rotatable bonds is 4. The molecule has 0 amide bonds. The second-order valence-corrected chi connectivity index (χ2v) is 4.24. The number of nitrogens with one attached hydrogen (secondary N) is 2. The summed E-state index contributed by atoms with van der Waals surface area (Å²) < 4.78 is 0. The maximum Gasteiger partial charge on any atom is 0.179 e. The van der Waals surface area contributed by atoms with Crippen LogP contribution in [0.5, 0.6) is 0 Å². The minimum atomic E-state index is 0.249. The largest absolute Gasteiger partial charge is 0.359 e. The Hall–Kier alpha value is -1.09. The van der Waals surface area contributed by atoms with Gasteiger partial charge in [0.2, 0.25) is 0 Å². The van der Waals surface area contributed by atoms with E-state index in [0.29, 0.717) is 6.42 Å². The van der Waals surface area contributed by atoms with E-state index >= 15 is 0 Å². The molecular formula is C12H18N2O. The molecule has 0 aliphatic carbocycles. The lowest BCUT2D eigenvalue weighted by Crippen LogP contribution is -2.28. The summed E-state index contributed by atoms with van der Waals surface area (Å²) in [5, 5.41) is 3.34. The number of carbonyl (C=O) groups excluding carboxylic acids is 1. The van der Waals surface area contributed by atoms with Gasteiger partial charge in [0.05, 0.1) is 5.69 Å². The van der Waals surface area contributed by atoms with Crippen LogP contribution in [0.3, 0.4) is 0 Å². The van der Waals surface area contributed by atoms with Crippen molar-refractivity contribution < 1.29 is 4.79 Å². The predicted octanol–water partition coefficient (Wildman–Crippen LogP) is 1.98. The highest BCUT2D eigenvalue weighted by molar-refractivity contribution is 5.94. The predicted molar refractivity (Wildman–Crippen MR) is 60.0 cm³/mol. The first-order valence-corrected chi connectivity index (χ1v) is 5.73. The van der Waals surface area contributed by atoms with E-state index in [9.17, 15) is 4.79 Å². The molecule has 3 nitrogen and oxygen atoms in total. The minimum Gasteiger partial charge on any atom is -0.359 e. The van der Waals surface area contributed by atoms with Crippen LogP contribution in [0.15, 0.2) is 18.3 Å². The quantitative estimate of drug-likeness (QED) is 0.740. The zero-order valence-electron chi connectivity index (χ0n) is 8.96. The standard InChI is InChI=1S/C12H18N2O/c15-12(11-2-1-7-14-11)4-3-10-5-8-13-9-6-10/h1-2,7,10,13-14H,3-6,8-9H2. The van der Waals surface area contributed by atoms with Gasteiger partial charge >= 0.3 is 0 Å². The van der Waals surface area contributed by atoms with Gasteiger partial charge in [0, 0.05) is 12.6 Å². The molecule has 1 aromatic heterocycles. The first kappa shape index (κ1) is 10.4. The molecule has 0 aromatic carbocycles. The highest BCUT2D eigenvalue weighted by Crippen LogP contribution is 2.18. The molecule has 3 heteroatoms. The first-order chi connectivity index (χ1) is 7.36. The van der Waals surface area contributed by atoms with Gasteiger partial charge in [-0.05, 0) is 50.4 Å². The number of piperidine rings is 1. The first-order valence-electron chi connectivity index (χ1n) is 5.73. The molecule has 1 aliphatic heterocycles. The topological polar surface area (TPSA) is 44.9 Å². The number of ketones is 1. The summed E-state index contributed by atoms with van der Waals surface area (Å²) in [6.07, 6.45) is 5.97. The van der Waals surface area contributed by atoms with E-state index < -0.39 is 0 Å². The monoisotopic (exact) mass is 206 g/mol. The molecule has 1 saturated heterocycles. The van der Waals surface area contributed by atoms with Crippen molar-refractivity contribution in [3.05, 3.63) is 24.0 Å². The molecule has 1 fully saturated rings. The average molecular weight is 206 g/mol. The van der Waals surface area contributed by atoms with E-state index in [1.54, 1.807) is 6.20 Å². The summed E-state index contributed by atoms with van der Waals surface area (Å²) in [6, 6.07) is 3.72. The number of H-pyrrole nitrogens is 1. The molecule has 2 N–H and O–H groups in total. The van der Waals surface area contributed by atoms with Crippen LogP contribution in [0, 0.1) is 5.92 Å². The normalized spacial score (nSPS) is 17.9. The Morgan fingerprint density at radius 1 is 1.40 bits per heavy atom. The molecule has 0 atom stereocenters. The Labute approximate surface area is 90.3 Å². The van der Waals surface area contributed by atoms with Gasteiger partial charge in [0.15, 0.2) is 5.78 Å². The molecule has 2 heterocycles. The number of carbonyl (C=O) groups is 1. The summed E-state index contributed by atoms with van der Waals surface area (Å²) in [5.41, 5.74) is 0.754. The van der Waals surface area contributed by atoms with Crippen molar-refractivity contribution >= 4 is 5.78 Å². The fraction of sp³-hybridized carbons (Fsp3) is 0.583. The minimum absolute atomic E-state index is 0.249. The van der Waals surface area contributed by atoms with Crippen LogP contribution in [0.2, 0.25) is 0 Å². The molecule has 1 aliphatic rings. The Kier molecular flexibility index (Phi) is 3.56. The van der Waals surface area contributed by atoms with Crippen LogP contribution < -0.4 is 5.32 Å². The zero-order valence-corrected chi connectivity index (χ0v) is 8.96. The molecule has 0 unspecified atom stereocenters. The Morgan fingerprint density at radius 2 is 2.20 bits per heavy atom. The lowest BCUT2D eigenvalue weighted by Gasteiger charge is -2.21. The molecule has 0 radical (unpaired) electrons. The molecule has 82 valence electrons. The van der Waals surface area contributed by atoms with Crippen LogP contribution >= 0.6 is 0 Å². The third-order valence-electron chi connectivity index (χ3n) is 3.14. The van der Waals surface area contributed by atoms with E-state index in [2.05, 4.69) is 10.3 Å². The average Bonchev–Trinajstić information content (AvgIpc) is 2.81. The van der Waals surface area contributed by atoms with Gasteiger partial charge in [0.1, 0.15) is 0 Å². The van der Waals surface area contributed by atoms with Gasteiger partial charge in [-0.15, -0.1) is 0 Å². The van der Waals surface area contributed by atoms with Gasteiger partial charge in [0.25, 0.3) is 0 Å². The number of aromatic nitrogens is 1. The van der Waals surface area contributed by atoms with Gasteiger partial charge in [-0.1, -0.05) is 0 Å². The summed E-state index contributed by atoms with van der Waals surface area (Å²) in [7, 11) is 0. The second-order valence-electron chi connectivity index (χ2n) is 4.24. The van der Waals surface area contributed by atoms with E-state index in [4.69, 9.17) is 0 Å². The van der Waals surface area contributed by atoms with E-state index in [1.807, 2.05) is 12.1 Å². The third kappa shape index (κ3) is 2.93. The Balaban J connectivity index is 1.75. The highest BCUT2D eigenvalue weighted by Gasteiger charge is 2.15. The zero-order chi connectivity index (χ0) is 10.5. The lowest BCUT2D eigenvalue weighted by molar-refractivity contribution is 0.0966. The molecule has 0 bridgehead atoms. The van der Waals surface area contributed by atoms with Gasteiger partial charge in [-0.2, -0.15) is 0 Å². The van der Waals surface area contributed by atoms with Crippen molar-refractivity contribution in [3.8, 4) is 0 Å². The highest BCUT2D eigenvalue weighted by atomic mass is 16.1. The van der Waals surface area contributed by atoms with Crippen LogP contribution in [0.1, 0.15) is 36.2 Å². The van der Waals surface area contributed by atoms with Gasteiger partial charge in [-0.25, -0.2) is 0 Å². The number of Topliss-reactive ketones (excluding diaryl/α,β-unsaturated/α-hetero) is 1. The Bertz CT molecular complexity index is 299. The molecule has 2 rings (SSSR count). The van der Waals surface area contributed by atoms with E-state index in [-0.39, 0.29) is 5.78 Å². The van der Waals surface area contributed by atoms with Crippen LogP contribution in [-0.2, 0) is 0 Å². The van der Waals surface area contributed by atoms with Crippen molar-refractivity contribution in [1.29, 1.82) is 0 Å². The van der Waals surface area contributed by atoms with Crippen molar-refractivity contribution in [2.45, 2.75) is 25.7 Å². The molecule has 0 spiro atoms. The number of hydrogen-bond donors (Lipinski definition) is 2. The van der Waals surface area contributed by atoms with Crippen molar-refractivity contribution in [1.82, 2.24) is 10.3 Å². The van der Waals surface area contributed by atoms with Crippen LogP contribution in [-0.4, -0.2) is 23.9 Å². The van der Waals surface area contributed by atoms with Gasteiger partial charge < -0.3 is 10.3 Å². The van der Waals surface area contributed by atoms with Crippen molar-refractivity contribution in [3.63, 3.8) is 0 Å². The fourth-order valence-electron chi connectivity index (χ4n) is 2.14. The summed E-state index contributed by atoms with van der Waals surface area (Å²) in [5.74, 6) is 0.990. The molecule has 1 aromatic rings. The smallest absolute Gasteiger partial charge is 0.179 e. The van der Waals surface area contributed by atoms with Gasteiger partial charge in [-0.3, -0.25) is 4.79 Å². The molecule has 15 heavy (non-hydrogen) atoms. The van der Waals surface area contributed by atoms with Crippen molar-refractivity contribution in [2.24, 2.45) is 5.92 Å². The summed E-state index contributed by atoms with van der Waals surface area (Å²) in [6.45, 7) is 2.22. The van der Waals surface area contributed by atoms with Crippen molar-refractivity contribution in [2.75, 3.05) is 13.1 Å². The SMILES string of the molecule is O=C(CCC1CCNCC1)c1ccc[nH]1. The second kappa shape index (κ2) is 5.12. The maximum atomic E-state index is 11.7. The maximum absolute atomic E-state index is 11.7. The molecule has 0 saturated carbocycles. The van der Waals surface area contributed by atoms with E-state index in [0.717, 1.165) is 31.1 Å². The molecular weight excluding hydrogens is 188 g/mol. The Morgan fingerprint density at radius 3 is 2.87 bits per heavy atom. The lowest BCUT2D eigenvalue weighted by atomic mass is 9.92. The fourth-order valence-corrected chi connectivity index (χ4v) is 2.14. The summed E-state index contributed by atoms with van der Waals surface area (Å²) >= 11 is 0. The van der Waals surface area contributed by atoms with Crippen LogP contribution in [0.25, 0.3) is 0 Å². The number of aromatic amines is 1. The van der Waals surface area contributed by atoms with E-state index in [1.165, 1.54) is 12.8 Å². The van der Waals surface area contributed by atoms with Crippen LogP contribution in [0.4, 0.5) is 0 Å². The summed E-state index contributed by atoms with van der Waals surface area (Å²) in [4.78, 5) is 14.7. The number of hydrogen-bond acceptors (Lipinski definition) is 2. The third-order valence-corrected chi connectivity index (χ3v) is 3.14.